The van der Waals surface area contributed by atoms with E-state index in [0.717, 1.165) is 16.5 Å². The van der Waals surface area contributed by atoms with Crippen LogP contribution >= 0.6 is 11.6 Å². The molecule has 7 heteroatoms. The molecule has 2 aromatic heterocycles. The van der Waals surface area contributed by atoms with Crippen molar-refractivity contribution in [1.29, 1.82) is 0 Å². The average molecular weight is 463 g/mol. The number of fused-ring (bicyclic) bond motifs is 3. The Morgan fingerprint density at radius 3 is 2.31 bits per heavy atom. The van der Waals surface area contributed by atoms with Crippen LogP contribution in [0.1, 0.15) is 11.1 Å². The van der Waals surface area contributed by atoms with E-state index in [1.807, 2.05) is 24.3 Å². The van der Waals surface area contributed by atoms with Gasteiger partial charge in [0.1, 0.15) is 11.0 Å². The topological polar surface area (TPSA) is 52.0 Å². The van der Waals surface area contributed by atoms with Gasteiger partial charge in [-0.25, -0.2) is 21.8 Å². The van der Waals surface area contributed by atoms with Crippen LogP contribution in [0.15, 0.2) is 89.8 Å². The van der Waals surface area contributed by atoms with E-state index in [2.05, 4.69) is 4.98 Å². The van der Waals surface area contributed by atoms with Crippen LogP contribution in [0.4, 0.5) is 4.39 Å². The van der Waals surface area contributed by atoms with Crippen LogP contribution < -0.4 is 0 Å². The third-order valence-electron chi connectivity index (χ3n) is 5.16. The van der Waals surface area contributed by atoms with E-state index in [-0.39, 0.29) is 21.5 Å². The summed E-state index contributed by atoms with van der Waals surface area (Å²) < 4.78 is 41.7. The molecule has 4 nitrogen and oxygen atoms in total. The van der Waals surface area contributed by atoms with Crippen molar-refractivity contribution >= 4 is 55.7 Å². The minimum Gasteiger partial charge on any atom is -0.217 e. The molecule has 0 saturated carbocycles. The van der Waals surface area contributed by atoms with Gasteiger partial charge in [0, 0.05) is 10.8 Å². The number of halogens is 2. The zero-order valence-electron chi connectivity index (χ0n) is 16.6. The van der Waals surface area contributed by atoms with Gasteiger partial charge in [-0.05, 0) is 59.7 Å². The fraction of sp³-hybridized carbons (Fsp3) is 0. The molecule has 32 heavy (non-hydrogen) atoms. The van der Waals surface area contributed by atoms with Crippen LogP contribution in [0.2, 0.25) is 5.15 Å². The minimum absolute atomic E-state index is 0.163. The second-order valence-electron chi connectivity index (χ2n) is 7.25. The molecule has 0 aliphatic rings. The molecule has 0 atom stereocenters. The number of hydrogen-bond donors (Lipinski definition) is 0. The van der Waals surface area contributed by atoms with E-state index in [9.17, 15) is 12.8 Å². The second kappa shape index (κ2) is 7.89. The Morgan fingerprint density at radius 2 is 1.56 bits per heavy atom. The van der Waals surface area contributed by atoms with Crippen molar-refractivity contribution in [2.75, 3.05) is 0 Å². The summed E-state index contributed by atoms with van der Waals surface area (Å²) in [6.45, 7) is 0. The predicted molar refractivity (Wildman–Crippen MR) is 127 cm³/mol. The first-order chi connectivity index (χ1) is 15.4. The first-order valence-corrected chi connectivity index (χ1v) is 11.6. The average Bonchev–Trinajstić information content (AvgIpc) is 3.11. The molecule has 0 amide bonds. The van der Waals surface area contributed by atoms with E-state index < -0.39 is 10.0 Å². The van der Waals surface area contributed by atoms with Crippen LogP contribution in [-0.2, 0) is 10.0 Å². The van der Waals surface area contributed by atoms with Gasteiger partial charge in [0.05, 0.1) is 10.4 Å². The Bertz CT molecular complexity index is 1610. The third-order valence-corrected chi connectivity index (χ3v) is 7.09. The summed E-state index contributed by atoms with van der Waals surface area (Å²) in [7, 11) is -3.90. The molecule has 0 radical (unpaired) electrons. The largest absolute Gasteiger partial charge is 0.269 e. The zero-order chi connectivity index (χ0) is 22.3. The maximum Gasteiger partial charge on any atom is 0.269 e. The maximum absolute atomic E-state index is 13.5. The van der Waals surface area contributed by atoms with Gasteiger partial charge in [0.2, 0.25) is 0 Å². The number of pyridine rings is 1. The predicted octanol–water partition coefficient (Wildman–Crippen LogP) is 6.39. The zero-order valence-corrected chi connectivity index (χ0v) is 18.2. The summed E-state index contributed by atoms with van der Waals surface area (Å²) in [5.74, 6) is -0.306. The Hall–Kier alpha value is -3.48. The maximum atomic E-state index is 13.5. The van der Waals surface area contributed by atoms with E-state index in [0.29, 0.717) is 10.9 Å². The van der Waals surface area contributed by atoms with Crippen molar-refractivity contribution < 1.29 is 12.8 Å². The van der Waals surface area contributed by atoms with E-state index in [4.69, 9.17) is 11.6 Å². The lowest BCUT2D eigenvalue weighted by atomic mass is 10.1. The van der Waals surface area contributed by atoms with Gasteiger partial charge in [-0.3, -0.25) is 0 Å². The van der Waals surface area contributed by atoms with Gasteiger partial charge in [-0.1, -0.05) is 60.2 Å². The van der Waals surface area contributed by atoms with Gasteiger partial charge in [-0.2, -0.15) is 0 Å². The molecule has 158 valence electrons. The SMILES string of the molecule is O=S(=O)(c1ccccc1)n1c2ccc(C=Cc3cccc(F)c3)cc2c2ccc(Cl)nc21. The molecule has 0 bridgehead atoms. The number of benzene rings is 3. The molecular formula is C25H16ClFN2O2S. The van der Waals surface area contributed by atoms with Gasteiger partial charge in [-0.15, -0.1) is 0 Å². The Balaban J connectivity index is 1.72. The highest BCUT2D eigenvalue weighted by molar-refractivity contribution is 7.90. The molecule has 5 rings (SSSR count). The van der Waals surface area contributed by atoms with E-state index >= 15 is 0 Å². The second-order valence-corrected chi connectivity index (χ2v) is 9.43. The van der Waals surface area contributed by atoms with Crippen molar-refractivity contribution in [3.8, 4) is 0 Å². The Labute approximate surface area is 189 Å². The Morgan fingerprint density at radius 1 is 0.812 bits per heavy atom. The minimum atomic E-state index is -3.90. The molecule has 0 saturated heterocycles. The number of rotatable bonds is 4. The van der Waals surface area contributed by atoms with Gasteiger partial charge in [0.25, 0.3) is 10.0 Å². The first-order valence-electron chi connectivity index (χ1n) is 9.78. The highest BCUT2D eigenvalue weighted by Crippen LogP contribution is 2.33. The van der Waals surface area contributed by atoms with Crippen LogP contribution in [0, 0.1) is 5.82 Å². The van der Waals surface area contributed by atoms with Gasteiger partial charge >= 0.3 is 0 Å². The van der Waals surface area contributed by atoms with Crippen molar-refractivity contribution in [2.45, 2.75) is 4.90 Å². The number of hydrogen-bond acceptors (Lipinski definition) is 3. The molecule has 5 aromatic rings. The summed E-state index contributed by atoms with van der Waals surface area (Å²) in [4.78, 5) is 4.49. The van der Waals surface area contributed by atoms with Crippen molar-refractivity contribution in [3.05, 3.63) is 107 Å². The van der Waals surface area contributed by atoms with Crippen LogP contribution in [0.3, 0.4) is 0 Å². The molecule has 0 N–H and O–H groups in total. The van der Waals surface area contributed by atoms with Crippen molar-refractivity contribution in [2.24, 2.45) is 0 Å². The number of aromatic nitrogens is 2. The van der Waals surface area contributed by atoms with E-state index in [1.165, 1.54) is 16.1 Å². The van der Waals surface area contributed by atoms with Gasteiger partial charge in [0.15, 0.2) is 5.65 Å². The van der Waals surface area contributed by atoms with Crippen molar-refractivity contribution in [3.63, 3.8) is 0 Å². The summed E-state index contributed by atoms with van der Waals surface area (Å²) in [5.41, 5.74) is 2.34. The molecule has 0 spiro atoms. The molecule has 0 fully saturated rings. The lowest BCUT2D eigenvalue weighted by Crippen LogP contribution is -2.13. The lowest BCUT2D eigenvalue weighted by Gasteiger charge is -2.08. The summed E-state index contributed by atoms with van der Waals surface area (Å²) in [5, 5.41) is 1.60. The Kier molecular flexibility index (Phi) is 5.04. The molecule has 0 aliphatic heterocycles. The standard InChI is InChI=1S/C25H16ClFN2O2S/c26-24-14-12-21-22-16-18(10-9-17-5-4-6-19(27)15-17)11-13-23(22)29(25(21)28-24)32(30,31)20-7-2-1-3-8-20/h1-16H. The molecule has 0 aliphatic carbocycles. The fourth-order valence-electron chi connectivity index (χ4n) is 3.70. The number of nitrogens with zero attached hydrogens (tertiary/aromatic N) is 2. The van der Waals surface area contributed by atoms with Crippen LogP contribution in [-0.4, -0.2) is 17.4 Å². The van der Waals surface area contributed by atoms with Crippen molar-refractivity contribution in [1.82, 2.24) is 8.96 Å². The molecular weight excluding hydrogens is 447 g/mol. The highest BCUT2D eigenvalue weighted by atomic mass is 35.5. The molecule has 3 aromatic carbocycles. The monoisotopic (exact) mass is 462 g/mol. The molecule has 2 heterocycles. The fourth-order valence-corrected chi connectivity index (χ4v) is 5.34. The quantitative estimate of drug-likeness (QED) is 0.230. The third kappa shape index (κ3) is 3.57. The van der Waals surface area contributed by atoms with E-state index in [1.54, 1.807) is 60.7 Å². The lowest BCUT2D eigenvalue weighted by molar-refractivity contribution is 0.590. The smallest absolute Gasteiger partial charge is 0.217 e. The summed E-state index contributed by atoms with van der Waals surface area (Å²) >= 11 is 6.11. The summed E-state index contributed by atoms with van der Waals surface area (Å²) in [6.07, 6.45) is 3.66. The normalized spacial score (nSPS) is 12.2. The highest BCUT2D eigenvalue weighted by Gasteiger charge is 2.24. The summed E-state index contributed by atoms with van der Waals surface area (Å²) in [6, 6.07) is 23.4. The van der Waals surface area contributed by atoms with Crippen LogP contribution in [0.25, 0.3) is 34.1 Å². The van der Waals surface area contributed by atoms with Gasteiger partial charge < -0.3 is 0 Å². The van der Waals surface area contributed by atoms with Crippen LogP contribution in [0.5, 0.6) is 0 Å². The first kappa shape index (κ1) is 20.4. The molecule has 0 unspecified atom stereocenters.